The molecule has 0 saturated carbocycles. The number of hydrogen-bond acceptors (Lipinski definition) is 5. The summed E-state index contributed by atoms with van der Waals surface area (Å²) in [5.74, 6) is 0.241. The van der Waals surface area contributed by atoms with Crippen molar-refractivity contribution in [2.45, 2.75) is 26.7 Å². The molecule has 0 radical (unpaired) electrons. The van der Waals surface area contributed by atoms with Crippen molar-refractivity contribution in [3.8, 4) is 6.07 Å². The summed E-state index contributed by atoms with van der Waals surface area (Å²) in [5, 5.41) is 15.0. The number of carbonyl (C=O) groups excluding carboxylic acids is 1. The Hall–Kier alpha value is -1.90. The second-order valence-corrected chi connectivity index (χ2v) is 3.36. The van der Waals surface area contributed by atoms with E-state index in [4.69, 9.17) is 9.78 Å². The Morgan fingerprint density at radius 1 is 1.69 bits per heavy atom. The lowest BCUT2D eigenvalue weighted by Gasteiger charge is -2.06. The maximum atomic E-state index is 11.4. The zero-order valence-corrected chi connectivity index (χ0v) is 9.36. The Balaban J connectivity index is 2.31. The second-order valence-electron chi connectivity index (χ2n) is 3.36. The first-order valence-electron chi connectivity index (χ1n) is 5.14. The van der Waals surface area contributed by atoms with Crippen LogP contribution in [0.5, 0.6) is 0 Å². The van der Waals surface area contributed by atoms with Crippen molar-refractivity contribution in [1.29, 1.82) is 5.26 Å². The minimum atomic E-state index is -0.577. The highest BCUT2D eigenvalue weighted by Crippen LogP contribution is 2.00. The van der Waals surface area contributed by atoms with Crippen LogP contribution in [-0.2, 0) is 11.2 Å². The highest BCUT2D eigenvalue weighted by atomic mass is 16.5. The van der Waals surface area contributed by atoms with Crippen molar-refractivity contribution in [1.82, 2.24) is 15.5 Å². The number of amides is 1. The van der Waals surface area contributed by atoms with E-state index in [0.29, 0.717) is 31.1 Å². The molecule has 0 fully saturated rings. The van der Waals surface area contributed by atoms with Crippen molar-refractivity contribution >= 4 is 5.91 Å². The molecule has 1 rings (SSSR count). The summed E-state index contributed by atoms with van der Waals surface area (Å²) < 4.78 is 4.79. The van der Waals surface area contributed by atoms with Gasteiger partial charge in [-0.25, -0.2) is 0 Å². The molecule has 0 bridgehead atoms. The first-order valence-corrected chi connectivity index (χ1v) is 5.14. The SMILES string of the molecule is CCC(C#N)C(=O)NCCc1noc(C)n1. The zero-order chi connectivity index (χ0) is 12.0. The molecule has 16 heavy (non-hydrogen) atoms. The summed E-state index contributed by atoms with van der Waals surface area (Å²) in [6, 6.07) is 1.94. The lowest BCUT2D eigenvalue weighted by atomic mass is 10.1. The summed E-state index contributed by atoms with van der Waals surface area (Å²) >= 11 is 0. The number of carbonyl (C=O) groups is 1. The maximum Gasteiger partial charge on any atom is 0.237 e. The molecule has 0 aromatic carbocycles. The van der Waals surface area contributed by atoms with E-state index in [0.717, 1.165) is 0 Å². The van der Waals surface area contributed by atoms with Crippen LogP contribution in [0.2, 0.25) is 0 Å². The molecule has 1 amide bonds. The lowest BCUT2D eigenvalue weighted by Crippen LogP contribution is -2.31. The van der Waals surface area contributed by atoms with Gasteiger partial charge in [0.2, 0.25) is 11.8 Å². The Morgan fingerprint density at radius 2 is 2.44 bits per heavy atom. The number of hydrogen-bond donors (Lipinski definition) is 1. The number of nitrogens with zero attached hydrogens (tertiary/aromatic N) is 3. The molecule has 1 aromatic rings. The molecule has 1 unspecified atom stereocenters. The molecule has 0 aliphatic carbocycles. The predicted octanol–water partition coefficient (Wildman–Crippen LogP) is 0.586. The fourth-order valence-corrected chi connectivity index (χ4v) is 1.20. The van der Waals surface area contributed by atoms with Gasteiger partial charge in [-0.3, -0.25) is 4.79 Å². The van der Waals surface area contributed by atoms with E-state index in [2.05, 4.69) is 15.5 Å². The summed E-state index contributed by atoms with van der Waals surface area (Å²) in [7, 11) is 0. The van der Waals surface area contributed by atoms with Crippen LogP contribution < -0.4 is 5.32 Å². The van der Waals surface area contributed by atoms with Crippen molar-refractivity contribution in [2.75, 3.05) is 6.54 Å². The van der Waals surface area contributed by atoms with Gasteiger partial charge in [0.25, 0.3) is 0 Å². The van der Waals surface area contributed by atoms with Gasteiger partial charge in [0.1, 0.15) is 5.92 Å². The molecule has 6 heteroatoms. The summed E-state index contributed by atoms with van der Waals surface area (Å²) in [6.07, 6.45) is 1.02. The molecule has 1 aromatic heterocycles. The molecule has 6 nitrogen and oxygen atoms in total. The number of aromatic nitrogens is 2. The average Bonchev–Trinajstić information content (AvgIpc) is 2.66. The molecule has 0 aliphatic heterocycles. The van der Waals surface area contributed by atoms with Gasteiger partial charge in [-0.1, -0.05) is 12.1 Å². The van der Waals surface area contributed by atoms with E-state index in [1.807, 2.05) is 6.07 Å². The molecule has 1 atom stereocenters. The van der Waals surface area contributed by atoms with Gasteiger partial charge in [0.15, 0.2) is 5.82 Å². The van der Waals surface area contributed by atoms with Crippen molar-refractivity contribution < 1.29 is 9.32 Å². The van der Waals surface area contributed by atoms with Gasteiger partial charge in [-0.15, -0.1) is 0 Å². The van der Waals surface area contributed by atoms with Crippen molar-refractivity contribution in [2.24, 2.45) is 5.92 Å². The van der Waals surface area contributed by atoms with E-state index in [-0.39, 0.29) is 5.91 Å². The zero-order valence-electron chi connectivity index (χ0n) is 9.36. The highest BCUT2D eigenvalue weighted by Gasteiger charge is 2.14. The third-order valence-electron chi connectivity index (χ3n) is 2.10. The lowest BCUT2D eigenvalue weighted by molar-refractivity contribution is -0.123. The summed E-state index contributed by atoms with van der Waals surface area (Å²) in [4.78, 5) is 15.4. The Labute approximate surface area is 93.6 Å². The minimum Gasteiger partial charge on any atom is -0.355 e. The maximum absolute atomic E-state index is 11.4. The monoisotopic (exact) mass is 222 g/mol. The quantitative estimate of drug-likeness (QED) is 0.787. The Morgan fingerprint density at radius 3 is 2.94 bits per heavy atom. The fraction of sp³-hybridized carbons (Fsp3) is 0.600. The van der Waals surface area contributed by atoms with E-state index in [1.165, 1.54) is 0 Å². The minimum absolute atomic E-state index is 0.245. The topological polar surface area (TPSA) is 91.8 Å². The van der Waals surface area contributed by atoms with E-state index >= 15 is 0 Å². The largest absolute Gasteiger partial charge is 0.355 e. The van der Waals surface area contributed by atoms with Gasteiger partial charge < -0.3 is 9.84 Å². The van der Waals surface area contributed by atoms with Crippen LogP contribution in [-0.4, -0.2) is 22.6 Å². The van der Waals surface area contributed by atoms with Crippen LogP contribution in [0, 0.1) is 24.2 Å². The Bertz CT molecular complexity index is 394. The normalized spacial score (nSPS) is 11.8. The van der Waals surface area contributed by atoms with Crippen LogP contribution in [0.1, 0.15) is 25.1 Å². The molecule has 0 spiro atoms. The molecule has 0 aliphatic rings. The van der Waals surface area contributed by atoms with E-state index < -0.39 is 5.92 Å². The van der Waals surface area contributed by atoms with Crippen LogP contribution in [0.4, 0.5) is 0 Å². The first-order chi connectivity index (χ1) is 7.67. The van der Waals surface area contributed by atoms with Crippen molar-refractivity contribution in [3.63, 3.8) is 0 Å². The van der Waals surface area contributed by atoms with Gasteiger partial charge in [-0.05, 0) is 6.42 Å². The standard InChI is InChI=1S/C10H14N4O2/c1-3-8(6-11)10(15)12-5-4-9-13-7(2)16-14-9/h8H,3-5H2,1-2H3,(H,12,15). The molecular weight excluding hydrogens is 208 g/mol. The van der Waals surface area contributed by atoms with Crippen LogP contribution >= 0.6 is 0 Å². The average molecular weight is 222 g/mol. The van der Waals surface area contributed by atoms with Gasteiger partial charge in [-0.2, -0.15) is 10.2 Å². The van der Waals surface area contributed by atoms with Crippen LogP contribution in [0.25, 0.3) is 0 Å². The highest BCUT2D eigenvalue weighted by molar-refractivity contribution is 5.80. The third kappa shape index (κ3) is 3.35. The van der Waals surface area contributed by atoms with E-state index in [9.17, 15) is 4.79 Å². The number of rotatable bonds is 5. The van der Waals surface area contributed by atoms with Crippen LogP contribution in [0.15, 0.2) is 4.52 Å². The summed E-state index contributed by atoms with van der Waals surface area (Å²) in [6.45, 7) is 3.92. The summed E-state index contributed by atoms with van der Waals surface area (Å²) in [5.41, 5.74) is 0. The van der Waals surface area contributed by atoms with Crippen LogP contribution in [0.3, 0.4) is 0 Å². The van der Waals surface area contributed by atoms with Gasteiger partial charge in [0.05, 0.1) is 6.07 Å². The fourth-order valence-electron chi connectivity index (χ4n) is 1.20. The molecule has 1 heterocycles. The van der Waals surface area contributed by atoms with Gasteiger partial charge >= 0.3 is 0 Å². The smallest absolute Gasteiger partial charge is 0.237 e. The second kappa shape index (κ2) is 5.85. The molecule has 0 saturated heterocycles. The first kappa shape index (κ1) is 12.2. The van der Waals surface area contributed by atoms with Gasteiger partial charge in [0, 0.05) is 19.9 Å². The van der Waals surface area contributed by atoms with Crippen molar-refractivity contribution in [3.05, 3.63) is 11.7 Å². The molecular formula is C10H14N4O2. The molecule has 86 valence electrons. The van der Waals surface area contributed by atoms with E-state index in [1.54, 1.807) is 13.8 Å². The molecule has 1 N–H and O–H groups in total. The number of nitriles is 1. The Kier molecular flexibility index (Phi) is 4.45. The number of nitrogens with one attached hydrogen (secondary N) is 1. The number of aryl methyl sites for hydroxylation is 1. The third-order valence-corrected chi connectivity index (χ3v) is 2.10. The predicted molar refractivity (Wildman–Crippen MR) is 55.1 cm³/mol.